The van der Waals surface area contributed by atoms with Gasteiger partial charge >= 0.3 is 0 Å². The lowest BCUT2D eigenvalue weighted by atomic mass is 9.94. The first kappa shape index (κ1) is 14.3. The van der Waals surface area contributed by atoms with Crippen LogP contribution in [0.15, 0.2) is 10.6 Å². The van der Waals surface area contributed by atoms with Gasteiger partial charge in [0.2, 0.25) is 5.91 Å². The van der Waals surface area contributed by atoms with Crippen molar-refractivity contribution in [2.45, 2.75) is 25.4 Å². The molecular weight excluding hydrogens is 272 g/mol. The zero-order valence-electron chi connectivity index (χ0n) is 10.5. The van der Waals surface area contributed by atoms with Crippen LogP contribution in [0.25, 0.3) is 0 Å². The van der Waals surface area contributed by atoms with Crippen molar-refractivity contribution < 1.29 is 19.5 Å². The Bertz CT molecular complexity index is 437. The second-order valence-corrected chi connectivity index (χ2v) is 5.14. The van der Waals surface area contributed by atoms with E-state index in [-0.39, 0.29) is 30.1 Å². The fourth-order valence-corrected chi connectivity index (χ4v) is 2.37. The highest BCUT2D eigenvalue weighted by atomic mass is 35.5. The predicted molar refractivity (Wildman–Crippen MR) is 67.6 cm³/mol. The molecule has 106 valence electrons. The number of halogens is 1. The van der Waals surface area contributed by atoms with E-state index >= 15 is 0 Å². The number of amides is 1. The number of carbonyl (C=O) groups is 1. The molecule has 2 N–H and O–H groups in total. The number of hydrogen-bond acceptors (Lipinski definition) is 5. The average Bonchev–Trinajstić information content (AvgIpc) is 2.81. The van der Waals surface area contributed by atoms with Gasteiger partial charge in [0.05, 0.1) is 6.10 Å². The van der Waals surface area contributed by atoms with E-state index in [4.69, 9.17) is 21.2 Å². The van der Waals surface area contributed by atoms with E-state index in [1.807, 2.05) is 0 Å². The minimum atomic E-state index is -0.651. The number of likely N-dealkylation sites (tertiary alicyclic amines) is 1. The number of aryl methyl sites for hydroxylation is 1. The molecule has 1 fully saturated rings. The summed E-state index contributed by atoms with van der Waals surface area (Å²) in [6.07, 6.45) is 0.705. The minimum absolute atomic E-state index is 0.0389. The van der Waals surface area contributed by atoms with Crippen LogP contribution in [0.1, 0.15) is 18.6 Å². The standard InChI is InChI=1S/C12H17ClN2O4/c13-11-5-9(19-14-11)1-2-12(18)15-4-3-8(7-16)10(17)6-15/h5,8,10,16-17H,1-4,6-7H2/t8-,10+/m1/s1. The Kier molecular flexibility index (Phi) is 4.79. The fraction of sp³-hybridized carbons (Fsp3) is 0.667. The summed E-state index contributed by atoms with van der Waals surface area (Å²) < 4.78 is 4.92. The summed E-state index contributed by atoms with van der Waals surface area (Å²) in [5.41, 5.74) is 0. The molecule has 2 heterocycles. The molecule has 1 aliphatic rings. The molecule has 1 saturated heterocycles. The van der Waals surface area contributed by atoms with Crippen LogP contribution < -0.4 is 0 Å². The van der Waals surface area contributed by atoms with Crippen molar-refractivity contribution in [3.8, 4) is 0 Å². The van der Waals surface area contributed by atoms with Crippen molar-refractivity contribution in [3.05, 3.63) is 17.0 Å². The normalized spacial score (nSPS) is 23.6. The van der Waals surface area contributed by atoms with Crippen LogP contribution >= 0.6 is 11.6 Å². The van der Waals surface area contributed by atoms with E-state index in [1.165, 1.54) is 0 Å². The Hall–Kier alpha value is -1.11. The lowest BCUT2D eigenvalue weighted by Gasteiger charge is -2.35. The number of β-amino-alcohol motifs (C(OH)–C–C–N with tert-alkyl or cyclic N) is 1. The molecule has 19 heavy (non-hydrogen) atoms. The van der Waals surface area contributed by atoms with Gasteiger partial charge in [0.15, 0.2) is 5.15 Å². The van der Waals surface area contributed by atoms with Gasteiger partial charge < -0.3 is 19.6 Å². The number of aliphatic hydroxyl groups is 2. The fourth-order valence-electron chi connectivity index (χ4n) is 2.21. The first-order chi connectivity index (χ1) is 9.10. The Morgan fingerprint density at radius 3 is 3.00 bits per heavy atom. The van der Waals surface area contributed by atoms with Gasteiger partial charge in [0.25, 0.3) is 0 Å². The summed E-state index contributed by atoms with van der Waals surface area (Å²) in [6.45, 7) is 0.805. The highest BCUT2D eigenvalue weighted by molar-refractivity contribution is 6.29. The summed E-state index contributed by atoms with van der Waals surface area (Å²) in [5.74, 6) is 0.407. The maximum atomic E-state index is 12.0. The maximum Gasteiger partial charge on any atom is 0.223 e. The molecule has 0 saturated carbocycles. The smallest absolute Gasteiger partial charge is 0.223 e. The third-order valence-electron chi connectivity index (χ3n) is 3.42. The van der Waals surface area contributed by atoms with Crippen LogP contribution in [0.3, 0.4) is 0 Å². The van der Waals surface area contributed by atoms with E-state index < -0.39 is 6.10 Å². The van der Waals surface area contributed by atoms with Crippen molar-refractivity contribution in [2.75, 3.05) is 19.7 Å². The number of rotatable bonds is 4. The summed E-state index contributed by atoms with van der Waals surface area (Å²) in [7, 11) is 0. The molecule has 0 unspecified atom stereocenters. The topological polar surface area (TPSA) is 86.8 Å². The molecular formula is C12H17ClN2O4. The van der Waals surface area contributed by atoms with Crippen LogP contribution in [0.2, 0.25) is 5.15 Å². The van der Waals surface area contributed by atoms with E-state index in [2.05, 4.69) is 5.16 Å². The lowest BCUT2D eigenvalue weighted by molar-refractivity contribution is -0.136. The van der Waals surface area contributed by atoms with Crippen LogP contribution in [-0.2, 0) is 11.2 Å². The van der Waals surface area contributed by atoms with E-state index in [9.17, 15) is 9.90 Å². The molecule has 2 rings (SSSR count). The van der Waals surface area contributed by atoms with Gasteiger partial charge in [0, 0.05) is 44.5 Å². The van der Waals surface area contributed by atoms with E-state index in [0.717, 1.165) is 0 Å². The van der Waals surface area contributed by atoms with Crippen molar-refractivity contribution in [1.29, 1.82) is 0 Å². The molecule has 7 heteroatoms. The Morgan fingerprint density at radius 2 is 2.42 bits per heavy atom. The van der Waals surface area contributed by atoms with Crippen molar-refractivity contribution >= 4 is 17.5 Å². The second kappa shape index (κ2) is 6.36. The first-order valence-corrected chi connectivity index (χ1v) is 6.65. The van der Waals surface area contributed by atoms with Gasteiger partial charge in [-0.2, -0.15) is 0 Å². The van der Waals surface area contributed by atoms with Crippen LogP contribution in [-0.4, -0.2) is 52.0 Å². The SMILES string of the molecule is O=C(CCc1cc(Cl)no1)N1CC[C@H](CO)[C@@H](O)C1. The summed E-state index contributed by atoms with van der Waals surface area (Å²) in [6, 6.07) is 1.58. The molecule has 0 bridgehead atoms. The Labute approximate surface area is 115 Å². The molecule has 6 nitrogen and oxygen atoms in total. The third kappa shape index (κ3) is 3.68. The van der Waals surface area contributed by atoms with E-state index in [1.54, 1.807) is 11.0 Å². The largest absolute Gasteiger partial charge is 0.396 e. The summed E-state index contributed by atoms with van der Waals surface area (Å²) in [4.78, 5) is 13.6. The van der Waals surface area contributed by atoms with Gasteiger partial charge in [-0.3, -0.25) is 4.79 Å². The summed E-state index contributed by atoms with van der Waals surface area (Å²) >= 11 is 5.62. The molecule has 0 radical (unpaired) electrons. The zero-order valence-corrected chi connectivity index (χ0v) is 11.2. The van der Waals surface area contributed by atoms with Crippen LogP contribution in [0, 0.1) is 5.92 Å². The van der Waals surface area contributed by atoms with Crippen molar-refractivity contribution in [2.24, 2.45) is 5.92 Å². The number of nitrogens with zero attached hydrogens (tertiary/aromatic N) is 2. The molecule has 1 aromatic heterocycles. The van der Waals surface area contributed by atoms with E-state index in [0.29, 0.717) is 31.6 Å². The highest BCUT2D eigenvalue weighted by Gasteiger charge is 2.29. The van der Waals surface area contributed by atoms with Gasteiger partial charge in [-0.1, -0.05) is 16.8 Å². The van der Waals surface area contributed by atoms with Gasteiger partial charge in [-0.15, -0.1) is 0 Å². The number of aromatic nitrogens is 1. The number of aliphatic hydroxyl groups excluding tert-OH is 2. The average molecular weight is 289 g/mol. The highest BCUT2D eigenvalue weighted by Crippen LogP contribution is 2.18. The quantitative estimate of drug-likeness (QED) is 0.841. The lowest BCUT2D eigenvalue weighted by Crippen LogP contribution is -2.47. The number of piperidine rings is 1. The van der Waals surface area contributed by atoms with Crippen LogP contribution in [0.5, 0.6) is 0 Å². The molecule has 0 aromatic carbocycles. The van der Waals surface area contributed by atoms with Gasteiger partial charge in [-0.05, 0) is 6.42 Å². The number of carbonyl (C=O) groups excluding carboxylic acids is 1. The molecule has 0 spiro atoms. The van der Waals surface area contributed by atoms with Crippen molar-refractivity contribution in [1.82, 2.24) is 10.1 Å². The third-order valence-corrected chi connectivity index (χ3v) is 3.60. The summed E-state index contributed by atoms with van der Waals surface area (Å²) in [5, 5.41) is 22.6. The molecule has 1 aliphatic heterocycles. The minimum Gasteiger partial charge on any atom is -0.396 e. The number of hydrogen-bond donors (Lipinski definition) is 2. The van der Waals surface area contributed by atoms with Crippen LogP contribution in [0.4, 0.5) is 0 Å². The molecule has 1 aromatic rings. The zero-order chi connectivity index (χ0) is 13.8. The Morgan fingerprint density at radius 1 is 1.63 bits per heavy atom. The van der Waals surface area contributed by atoms with Gasteiger partial charge in [-0.25, -0.2) is 0 Å². The van der Waals surface area contributed by atoms with Crippen molar-refractivity contribution in [3.63, 3.8) is 0 Å². The monoisotopic (exact) mass is 288 g/mol. The van der Waals surface area contributed by atoms with Gasteiger partial charge in [0.1, 0.15) is 5.76 Å². The molecule has 1 amide bonds. The second-order valence-electron chi connectivity index (χ2n) is 4.75. The molecule has 2 atom stereocenters. The maximum absolute atomic E-state index is 12.0. The molecule has 0 aliphatic carbocycles. The first-order valence-electron chi connectivity index (χ1n) is 6.28. The Balaban J connectivity index is 1.80. The predicted octanol–water partition coefficient (Wildman–Crippen LogP) is 0.462.